The molecule has 1 rings (SSSR count). The molecule has 0 bridgehead atoms. The summed E-state index contributed by atoms with van der Waals surface area (Å²) in [7, 11) is 0. The summed E-state index contributed by atoms with van der Waals surface area (Å²) in [6.45, 7) is 2.94. The Balaban J connectivity index is 2.95. The number of nitrogens with one attached hydrogen (secondary N) is 1. The Hall–Kier alpha value is -1.72. The fraction of sp³-hybridized carbons (Fsp3) is 0.333. The lowest BCUT2D eigenvalue weighted by Crippen LogP contribution is -2.45. The molecule has 0 saturated heterocycles. The van der Waals surface area contributed by atoms with Crippen molar-refractivity contribution in [2.75, 3.05) is 5.32 Å². The molecule has 0 aromatic carbocycles. The molecule has 0 spiro atoms. The van der Waals surface area contributed by atoms with Gasteiger partial charge in [0.15, 0.2) is 11.6 Å². The minimum absolute atomic E-state index is 0.208. The quantitative estimate of drug-likeness (QED) is 0.791. The van der Waals surface area contributed by atoms with E-state index in [9.17, 15) is 13.6 Å². The maximum Gasteiger partial charge on any atom is 0.242 e. The summed E-state index contributed by atoms with van der Waals surface area (Å²) >= 11 is 0. The minimum Gasteiger partial charge on any atom is -0.368 e. The first-order valence-electron chi connectivity index (χ1n) is 4.22. The van der Waals surface area contributed by atoms with E-state index < -0.39 is 23.1 Å². The molecule has 0 saturated carbocycles. The van der Waals surface area contributed by atoms with Crippen molar-refractivity contribution in [1.29, 1.82) is 0 Å². The molecule has 1 aromatic heterocycles. The molecule has 4 nitrogen and oxygen atoms in total. The van der Waals surface area contributed by atoms with Gasteiger partial charge < -0.3 is 11.1 Å². The summed E-state index contributed by atoms with van der Waals surface area (Å²) in [4.78, 5) is 14.4. The summed E-state index contributed by atoms with van der Waals surface area (Å²) < 4.78 is 25.6. The minimum atomic E-state index is -1.15. The topological polar surface area (TPSA) is 68.0 Å². The molecular weight excluding hydrogens is 204 g/mol. The zero-order valence-electron chi connectivity index (χ0n) is 8.34. The van der Waals surface area contributed by atoms with Crippen LogP contribution in [0.5, 0.6) is 0 Å². The first-order valence-corrected chi connectivity index (χ1v) is 4.22. The van der Waals surface area contributed by atoms with Gasteiger partial charge in [0, 0.05) is 6.07 Å². The maximum atomic E-state index is 13.1. The average molecular weight is 215 g/mol. The van der Waals surface area contributed by atoms with Crippen LogP contribution in [0.4, 0.5) is 14.6 Å². The molecule has 0 atom stereocenters. The van der Waals surface area contributed by atoms with Crippen molar-refractivity contribution >= 4 is 11.7 Å². The van der Waals surface area contributed by atoms with E-state index in [4.69, 9.17) is 5.73 Å². The SMILES string of the molecule is CC(C)(Nc1ncc(F)cc1F)C(N)=O. The molecule has 15 heavy (non-hydrogen) atoms. The smallest absolute Gasteiger partial charge is 0.242 e. The van der Waals surface area contributed by atoms with Gasteiger partial charge in [-0.15, -0.1) is 0 Å². The molecule has 0 radical (unpaired) electrons. The number of aromatic nitrogens is 1. The fourth-order valence-corrected chi connectivity index (χ4v) is 0.864. The Labute approximate surface area is 85.5 Å². The monoisotopic (exact) mass is 215 g/mol. The van der Waals surface area contributed by atoms with Crippen LogP contribution in [0.25, 0.3) is 0 Å². The number of primary amides is 1. The Bertz CT molecular complexity index is 393. The molecular formula is C9H11F2N3O. The van der Waals surface area contributed by atoms with Gasteiger partial charge in [-0.1, -0.05) is 0 Å². The van der Waals surface area contributed by atoms with Gasteiger partial charge in [-0.05, 0) is 13.8 Å². The number of pyridine rings is 1. The number of rotatable bonds is 3. The lowest BCUT2D eigenvalue weighted by Gasteiger charge is -2.22. The van der Waals surface area contributed by atoms with Gasteiger partial charge >= 0.3 is 0 Å². The molecule has 0 fully saturated rings. The molecule has 6 heteroatoms. The molecule has 0 aliphatic rings. The van der Waals surface area contributed by atoms with Crippen molar-refractivity contribution in [3.05, 3.63) is 23.9 Å². The zero-order valence-corrected chi connectivity index (χ0v) is 8.34. The number of hydrogen-bond donors (Lipinski definition) is 2. The number of anilines is 1. The summed E-state index contributed by atoms with van der Waals surface area (Å²) in [6, 6.07) is 0.673. The van der Waals surface area contributed by atoms with E-state index >= 15 is 0 Å². The molecule has 0 aliphatic carbocycles. The van der Waals surface area contributed by atoms with E-state index in [1.807, 2.05) is 0 Å². The standard InChI is InChI=1S/C9H11F2N3O/c1-9(2,8(12)15)14-7-6(11)3-5(10)4-13-7/h3-4H,1-2H3,(H2,12,15)(H,13,14). The van der Waals surface area contributed by atoms with E-state index in [1.54, 1.807) is 0 Å². The Morgan fingerprint density at radius 2 is 2.13 bits per heavy atom. The van der Waals surface area contributed by atoms with Crippen molar-refractivity contribution in [3.63, 3.8) is 0 Å². The van der Waals surface area contributed by atoms with Crippen LogP contribution < -0.4 is 11.1 Å². The Kier molecular flexibility index (Phi) is 2.88. The van der Waals surface area contributed by atoms with Crippen LogP contribution in [0.3, 0.4) is 0 Å². The number of nitrogens with two attached hydrogens (primary N) is 1. The normalized spacial score (nSPS) is 11.2. The largest absolute Gasteiger partial charge is 0.368 e. The van der Waals surface area contributed by atoms with Gasteiger partial charge in [-0.2, -0.15) is 0 Å². The van der Waals surface area contributed by atoms with E-state index in [2.05, 4.69) is 10.3 Å². The zero-order chi connectivity index (χ0) is 11.6. The van der Waals surface area contributed by atoms with Crippen LogP contribution in [0.15, 0.2) is 12.3 Å². The third-order valence-electron chi connectivity index (χ3n) is 1.85. The van der Waals surface area contributed by atoms with Crippen LogP contribution in [0.2, 0.25) is 0 Å². The summed E-state index contributed by atoms with van der Waals surface area (Å²) in [5.41, 5.74) is 3.93. The Morgan fingerprint density at radius 1 is 1.53 bits per heavy atom. The van der Waals surface area contributed by atoms with Crippen molar-refractivity contribution in [2.45, 2.75) is 19.4 Å². The van der Waals surface area contributed by atoms with Crippen LogP contribution in [-0.4, -0.2) is 16.4 Å². The molecule has 82 valence electrons. The lowest BCUT2D eigenvalue weighted by molar-refractivity contribution is -0.121. The van der Waals surface area contributed by atoms with Crippen LogP contribution in [0, 0.1) is 11.6 Å². The van der Waals surface area contributed by atoms with Crippen molar-refractivity contribution < 1.29 is 13.6 Å². The molecule has 1 aromatic rings. The summed E-state index contributed by atoms with van der Waals surface area (Å²) in [6.07, 6.45) is 0.850. The number of nitrogens with zero attached hydrogens (tertiary/aromatic N) is 1. The number of carbonyl (C=O) groups excluding carboxylic acids is 1. The van der Waals surface area contributed by atoms with E-state index in [0.717, 1.165) is 6.20 Å². The Morgan fingerprint density at radius 3 is 2.60 bits per heavy atom. The second-order valence-corrected chi connectivity index (χ2v) is 3.60. The molecule has 1 amide bonds. The molecule has 0 unspecified atom stereocenters. The van der Waals surface area contributed by atoms with Crippen LogP contribution in [0.1, 0.15) is 13.8 Å². The number of hydrogen-bond acceptors (Lipinski definition) is 3. The molecule has 0 aliphatic heterocycles. The average Bonchev–Trinajstić information content (AvgIpc) is 2.09. The van der Waals surface area contributed by atoms with Crippen LogP contribution >= 0.6 is 0 Å². The number of carbonyl (C=O) groups is 1. The first-order chi connectivity index (χ1) is 6.83. The molecule has 3 N–H and O–H groups in total. The van der Waals surface area contributed by atoms with Crippen molar-refractivity contribution in [2.24, 2.45) is 5.73 Å². The summed E-state index contributed by atoms with van der Waals surface area (Å²) in [5.74, 6) is -2.52. The third kappa shape index (κ3) is 2.61. The van der Waals surface area contributed by atoms with Crippen LogP contribution in [-0.2, 0) is 4.79 Å². The third-order valence-corrected chi connectivity index (χ3v) is 1.85. The first kappa shape index (κ1) is 11.4. The van der Waals surface area contributed by atoms with Crippen molar-refractivity contribution in [3.8, 4) is 0 Å². The number of amides is 1. The number of halogens is 2. The predicted octanol–water partition coefficient (Wildman–Crippen LogP) is 1.04. The van der Waals surface area contributed by atoms with Gasteiger partial charge in [0.05, 0.1) is 6.20 Å². The molecule has 1 heterocycles. The highest BCUT2D eigenvalue weighted by Crippen LogP contribution is 2.16. The van der Waals surface area contributed by atoms with E-state index in [1.165, 1.54) is 13.8 Å². The fourth-order valence-electron chi connectivity index (χ4n) is 0.864. The highest BCUT2D eigenvalue weighted by Gasteiger charge is 2.26. The second kappa shape index (κ2) is 3.80. The van der Waals surface area contributed by atoms with E-state index in [0.29, 0.717) is 6.07 Å². The second-order valence-electron chi connectivity index (χ2n) is 3.60. The maximum absolute atomic E-state index is 13.1. The van der Waals surface area contributed by atoms with Gasteiger partial charge in [0.1, 0.15) is 11.4 Å². The van der Waals surface area contributed by atoms with E-state index in [-0.39, 0.29) is 5.82 Å². The van der Waals surface area contributed by atoms with Gasteiger partial charge in [0.2, 0.25) is 5.91 Å². The van der Waals surface area contributed by atoms with Crippen molar-refractivity contribution in [1.82, 2.24) is 4.98 Å². The predicted molar refractivity (Wildman–Crippen MR) is 51.0 cm³/mol. The van der Waals surface area contributed by atoms with Gasteiger partial charge in [0.25, 0.3) is 0 Å². The lowest BCUT2D eigenvalue weighted by atomic mass is 10.1. The summed E-state index contributed by atoms with van der Waals surface area (Å²) in [5, 5.41) is 2.49. The van der Waals surface area contributed by atoms with Gasteiger partial charge in [-0.25, -0.2) is 13.8 Å². The highest BCUT2D eigenvalue weighted by atomic mass is 19.1. The van der Waals surface area contributed by atoms with Gasteiger partial charge in [-0.3, -0.25) is 4.79 Å². The highest BCUT2D eigenvalue weighted by molar-refractivity contribution is 5.86.